The van der Waals surface area contributed by atoms with E-state index in [1.807, 2.05) is 54.6 Å². The zero-order valence-corrected chi connectivity index (χ0v) is 13.1. The Hall–Kier alpha value is -1.70. The SMILES string of the molecule is CC1C=COP12(c1ccc(Cl)cc1)Oc1ccccc1O2. The summed E-state index contributed by atoms with van der Waals surface area (Å²) in [6.07, 6.45) is 3.67. The molecule has 1 atom stereocenters. The summed E-state index contributed by atoms with van der Waals surface area (Å²) in [5.74, 6) is 1.45. The van der Waals surface area contributed by atoms with Gasteiger partial charge in [0.1, 0.15) is 0 Å². The second-order valence-electron chi connectivity index (χ2n) is 5.22. The molecule has 3 nitrogen and oxygen atoms in total. The van der Waals surface area contributed by atoms with Gasteiger partial charge in [0.05, 0.1) is 0 Å². The monoisotopic (exact) mass is 320 g/mol. The number of rotatable bonds is 1. The van der Waals surface area contributed by atoms with Crippen LogP contribution in [0.5, 0.6) is 11.5 Å². The van der Waals surface area contributed by atoms with Crippen molar-refractivity contribution in [2.45, 2.75) is 12.6 Å². The van der Waals surface area contributed by atoms with Gasteiger partial charge in [-0.05, 0) is 0 Å². The van der Waals surface area contributed by atoms with Crippen molar-refractivity contribution < 1.29 is 13.6 Å². The van der Waals surface area contributed by atoms with E-state index < -0.39 is 7.28 Å². The molecule has 5 heteroatoms. The number of hydrogen-bond donors (Lipinski definition) is 0. The minimum absolute atomic E-state index is 0.00424. The van der Waals surface area contributed by atoms with E-state index in [-0.39, 0.29) is 5.66 Å². The molecule has 0 aromatic heterocycles. The van der Waals surface area contributed by atoms with Crippen molar-refractivity contribution in [3.05, 3.63) is 65.9 Å². The molecule has 2 aromatic carbocycles. The van der Waals surface area contributed by atoms with Gasteiger partial charge in [0.25, 0.3) is 0 Å². The maximum absolute atomic E-state index is 6.36. The third-order valence-electron chi connectivity index (χ3n) is 4.00. The fraction of sp³-hybridized carbons (Fsp3) is 0.125. The summed E-state index contributed by atoms with van der Waals surface area (Å²) in [6.45, 7) is 2.06. The average Bonchev–Trinajstić information content (AvgIpc) is 3.00. The van der Waals surface area contributed by atoms with E-state index >= 15 is 0 Å². The molecule has 2 aromatic rings. The Labute approximate surface area is 128 Å². The van der Waals surface area contributed by atoms with Gasteiger partial charge in [-0.3, -0.25) is 0 Å². The van der Waals surface area contributed by atoms with E-state index in [0.717, 1.165) is 16.8 Å². The molecule has 4 rings (SSSR count). The van der Waals surface area contributed by atoms with Gasteiger partial charge in [-0.2, -0.15) is 0 Å². The summed E-state index contributed by atoms with van der Waals surface area (Å²) >= 11 is 6.01. The second-order valence-corrected chi connectivity index (χ2v) is 9.45. The van der Waals surface area contributed by atoms with Gasteiger partial charge in [-0.1, -0.05) is 0 Å². The normalized spacial score (nSPS) is 25.2. The van der Waals surface area contributed by atoms with Crippen molar-refractivity contribution in [2.75, 3.05) is 0 Å². The first kappa shape index (κ1) is 13.0. The van der Waals surface area contributed by atoms with Crippen molar-refractivity contribution in [3.63, 3.8) is 0 Å². The van der Waals surface area contributed by atoms with E-state index in [2.05, 4.69) is 6.92 Å². The van der Waals surface area contributed by atoms with Gasteiger partial charge in [-0.15, -0.1) is 0 Å². The standard InChI is InChI=1S/C16H14ClO3P/c1-12-10-11-18-21(12,14-8-6-13(17)7-9-14)19-15-4-2-3-5-16(15)20-21/h2-12H,1H3. The molecule has 0 saturated heterocycles. The van der Waals surface area contributed by atoms with Crippen LogP contribution in [0, 0.1) is 0 Å². The molecule has 2 aliphatic rings. The van der Waals surface area contributed by atoms with E-state index in [0.29, 0.717) is 5.02 Å². The van der Waals surface area contributed by atoms with Gasteiger partial charge in [0.15, 0.2) is 0 Å². The number of halogens is 1. The molecule has 1 spiro atoms. The summed E-state index contributed by atoms with van der Waals surface area (Å²) in [4.78, 5) is 0. The predicted molar refractivity (Wildman–Crippen MR) is 85.4 cm³/mol. The van der Waals surface area contributed by atoms with E-state index in [1.165, 1.54) is 0 Å². The number of benzene rings is 2. The Bertz CT molecular complexity index is 716. The summed E-state index contributed by atoms with van der Waals surface area (Å²) < 4.78 is 18.8. The van der Waals surface area contributed by atoms with Crippen LogP contribution in [0.3, 0.4) is 0 Å². The molecule has 0 amide bonds. The van der Waals surface area contributed by atoms with E-state index in [9.17, 15) is 0 Å². The number of fused-ring (bicyclic) bond motifs is 1. The van der Waals surface area contributed by atoms with E-state index in [1.54, 1.807) is 6.26 Å². The molecule has 0 saturated carbocycles. The van der Waals surface area contributed by atoms with Crippen molar-refractivity contribution >= 4 is 24.2 Å². The quantitative estimate of drug-likeness (QED) is 0.715. The Morgan fingerprint density at radius 3 is 2.10 bits per heavy atom. The van der Waals surface area contributed by atoms with Crippen LogP contribution in [0.25, 0.3) is 0 Å². The van der Waals surface area contributed by atoms with Crippen LogP contribution < -0.4 is 14.4 Å². The summed E-state index contributed by atoms with van der Waals surface area (Å²) in [5.41, 5.74) is 0.00424. The third-order valence-corrected chi connectivity index (χ3v) is 8.67. The number of allylic oxidation sites excluding steroid dienone is 1. The van der Waals surface area contributed by atoms with Crippen LogP contribution in [0.2, 0.25) is 5.02 Å². The first-order valence-electron chi connectivity index (χ1n) is 6.76. The molecule has 108 valence electrons. The second kappa shape index (κ2) is 4.16. The van der Waals surface area contributed by atoms with Crippen LogP contribution in [0.15, 0.2) is 60.9 Å². The van der Waals surface area contributed by atoms with Gasteiger partial charge in [0, 0.05) is 0 Å². The molecule has 1 unspecified atom stereocenters. The zero-order valence-electron chi connectivity index (χ0n) is 11.4. The molecule has 2 heterocycles. The summed E-state index contributed by atoms with van der Waals surface area (Å²) in [7, 11) is -3.49. The first-order chi connectivity index (χ1) is 10.1. The van der Waals surface area contributed by atoms with Gasteiger partial charge < -0.3 is 0 Å². The third kappa shape index (κ3) is 1.59. The van der Waals surface area contributed by atoms with Gasteiger partial charge in [-0.25, -0.2) is 0 Å². The van der Waals surface area contributed by atoms with Gasteiger partial charge in [0.2, 0.25) is 0 Å². The van der Waals surface area contributed by atoms with E-state index in [4.69, 9.17) is 25.2 Å². The molecular weight excluding hydrogens is 307 g/mol. The van der Waals surface area contributed by atoms with Crippen molar-refractivity contribution in [1.29, 1.82) is 0 Å². The van der Waals surface area contributed by atoms with Crippen molar-refractivity contribution in [1.82, 2.24) is 0 Å². The van der Waals surface area contributed by atoms with Crippen LogP contribution in [0.4, 0.5) is 0 Å². The van der Waals surface area contributed by atoms with Crippen LogP contribution in [-0.2, 0) is 4.52 Å². The molecular formula is C16H14ClO3P. The average molecular weight is 321 g/mol. The first-order valence-corrected chi connectivity index (χ1v) is 9.19. The Morgan fingerprint density at radius 2 is 1.57 bits per heavy atom. The topological polar surface area (TPSA) is 27.7 Å². The minimum atomic E-state index is -3.49. The molecule has 2 aliphatic heterocycles. The molecule has 21 heavy (non-hydrogen) atoms. The Balaban J connectivity index is 1.93. The summed E-state index contributed by atoms with van der Waals surface area (Å²) in [5, 5.41) is 1.58. The fourth-order valence-electron chi connectivity index (χ4n) is 2.82. The summed E-state index contributed by atoms with van der Waals surface area (Å²) in [6, 6.07) is 15.2. The Morgan fingerprint density at radius 1 is 0.952 bits per heavy atom. The predicted octanol–water partition coefficient (Wildman–Crippen LogP) is 4.67. The fourth-order valence-corrected chi connectivity index (χ4v) is 6.80. The van der Waals surface area contributed by atoms with Crippen LogP contribution in [-0.4, -0.2) is 5.66 Å². The number of hydrogen-bond acceptors (Lipinski definition) is 3. The van der Waals surface area contributed by atoms with Gasteiger partial charge >= 0.3 is 128 Å². The molecule has 0 fully saturated rings. The van der Waals surface area contributed by atoms with Crippen LogP contribution in [0.1, 0.15) is 6.92 Å². The molecule has 0 N–H and O–H groups in total. The van der Waals surface area contributed by atoms with Crippen molar-refractivity contribution in [3.8, 4) is 11.5 Å². The molecule has 0 bridgehead atoms. The van der Waals surface area contributed by atoms with Crippen molar-refractivity contribution in [2.24, 2.45) is 0 Å². The maximum atomic E-state index is 6.36. The van der Waals surface area contributed by atoms with Crippen LogP contribution >= 0.6 is 18.9 Å². The zero-order chi connectivity index (χ0) is 14.5. The Kier molecular flexibility index (Phi) is 2.57. The molecule has 0 radical (unpaired) electrons. The number of para-hydroxylation sites is 2. The molecule has 0 aliphatic carbocycles.